The van der Waals surface area contributed by atoms with Crippen molar-refractivity contribution in [3.63, 3.8) is 0 Å². The summed E-state index contributed by atoms with van der Waals surface area (Å²) in [6, 6.07) is 1.68. The second-order valence-electron chi connectivity index (χ2n) is 4.98. The Morgan fingerprint density at radius 1 is 1.45 bits per heavy atom. The zero-order valence-electron chi connectivity index (χ0n) is 11.6. The van der Waals surface area contributed by atoms with Gasteiger partial charge in [0.15, 0.2) is 0 Å². The zero-order valence-corrected chi connectivity index (χ0v) is 11.6. The second-order valence-corrected chi connectivity index (χ2v) is 4.98. The van der Waals surface area contributed by atoms with Crippen molar-refractivity contribution >= 4 is 11.8 Å². The summed E-state index contributed by atoms with van der Waals surface area (Å²) >= 11 is 0. The molecule has 0 aliphatic carbocycles. The lowest BCUT2D eigenvalue weighted by atomic mass is 9.96. The number of hydrogen-bond donors (Lipinski definition) is 1. The number of carbonyl (C=O) groups is 2. The van der Waals surface area contributed by atoms with Crippen molar-refractivity contribution in [2.75, 3.05) is 33.4 Å². The van der Waals surface area contributed by atoms with Crippen LogP contribution in [0.2, 0.25) is 0 Å². The second kappa shape index (κ2) is 7.09. The Bertz CT molecular complexity index is 436. The van der Waals surface area contributed by atoms with E-state index in [1.54, 1.807) is 6.07 Å². The van der Waals surface area contributed by atoms with E-state index in [1.807, 2.05) is 4.90 Å². The third-order valence-corrected chi connectivity index (χ3v) is 3.53. The Balaban J connectivity index is 1.72. The van der Waals surface area contributed by atoms with E-state index in [0.29, 0.717) is 18.0 Å². The van der Waals surface area contributed by atoms with Crippen LogP contribution in [0.3, 0.4) is 0 Å². The standard InChI is InChI=1S/C14H20N2O4/c1-19-10-13(17)15-8-11-2-5-16(6-3-11)14(18)12-4-7-20-9-12/h4,7,9,11H,2-3,5-6,8,10H2,1H3,(H,15,17). The highest BCUT2D eigenvalue weighted by Gasteiger charge is 2.24. The van der Waals surface area contributed by atoms with E-state index in [0.717, 1.165) is 25.9 Å². The van der Waals surface area contributed by atoms with Gasteiger partial charge in [-0.05, 0) is 24.8 Å². The average molecular weight is 280 g/mol. The number of piperidine rings is 1. The summed E-state index contributed by atoms with van der Waals surface area (Å²) in [5.74, 6) is 0.342. The Morgan fingerprint density at radius 3 is 2.80 bits per heavy atom. The number of carbonyl (C=O) groups excluding carboxylic acids is 2. The molecule has 1 fully saturated rings. The van der Waals surface area contributed by atoms with Gasteiger partial charge in [-0.1, -0.05) is 0 Å². The molecule has 20 heavy (non-hydrogen) atoms. The topological polar surface area (TPSA) is 71.8 Å². The number of methoxy groups -OCH3 is 1. The summed E-state index contributed by atoms with van der Waals surface area (Å²) in [4.78, 5) is 25.2. The van der Waals surface area contributed by atoms with Crippen molar-refractivity contribution in [3.05, 3.63) is 24.2 Å². The number of ether oxygens (including phenoxy) is 1. The van der Waals surface area contributed by atoms with Crippen LogP contribution in [-0.2, 0) is 9.53 Å². The van der Waals surface area contributed by atoms with Crippen molar-refractivity contribution in [3.8, 4) is 0 Å². The molecule has 0 saturated carbocycles. The molecule has 0 aromatic carbocycles. The molecule has 6 heteroatoms. The summed E-state index contributed by atoms with van der Waals surface area (Å²) < 4.78 is 9.69. The predicted octanol–water partition coefficient (Wildman–Crippen LogP) is 0.894. The minimum Gasteiger partial charge on any atom is -0.472 e. The van der Waals surface area contributed by atoms with Crippen LogP contribution in [0.15, 0.2) is 23.0 Å². The molecule has 1 aliphatic heterocycles. The van der Waals surface area contributed by atoms with Gasteiger partial charge in [0.05, 0.1) is 11.8 Å². The number of furan rings is 1. The first-order valence-electron chi connectivity index (χ1n) is 6.78. The van der Waals surface area contributed by atoms with Gasteiger partial charge in [0.1, 0.15) is 12.9 Å². The summed E-state index contributed by atoms with van der Waals surface area (Å²) in [6.45, 7) is 2.18. The zero-order chi connectivity index (χ0) is 14.4. The normalized spacial score (nSPS) is 16.1. The maximum absolute atomic E-state index is 12.1. The minimum atomic E-state index is -0.0931. The highest BCUT2D eigenvalue weighted by atomic mass is 16.5. The molecule has 6 nitrogen and oxygen atoms in total. The molecule has 1 aliphatic rings. The Kier molecular flexibility index (Phi) is 5.17. The van der Waals surface area contributed by atoms with E-state index in [-0.39, 0.29) is 18.4 Å². The van der Waals surface area contributed by atoms with Crippen LogP contribution in [0.4, 0.5) is 0 Å². The first kappa shape index (κ1) is 14.6. The number of hydrogen-bond acceptors (Lipinski definition) is 4. The van der Waals surface area contributed by atoms with Gasteiger partial charge in [-0.25, -0.2) is 0 Å². The smallest absolute Gasteiger partial charge is 0.257 e. The molecule has 1 N–H and O–H groups in total. The first-order chi connectivity index (χ1) is 9.70. The van der Waals surface area contributed by atoms with Gasteiger partial charge in [0.25, 0.3) is 5.91 Å². The monoisotopic (exact) mass is 280 g/mol. The third kappa shape index (κ3) is 3.84. The number of amides is 2. The van der Waals surface area contributed by atoms with Gasteiger partial charge in [-0.3, -0.25) is 9.59 Å². The van der Waals surface area contributed by atoms with Gasteiger partial charge in [0, 0.05) is 26.7 Å². The van der Waals surface area contributed by atoms with Crippen molar-refractivity contribution in [2.45, 2.75) is 12.8 Å². The highest BCUT2D eigenvalue weighted by Crippen LogP contribution is 2.18. The van der Waals surface area contributed by atoms with E-state index in [4.69, 9.17) is 9.15 Å². The molecule has 1 saturated heterocycles. The SMILES string of the molecule is COCC(=O)NCC1CCN(C(=O)c2ccoc2)CC1. The molecule has 0 unspecified atom stereocenters. The lowest BCUT2D eigenvalue weighted by Crippen LogP contribution is -2.41. The summed E-state index contributed by atoms with van der Waals surface area (Å²) in [5, 5.41) is 2.84. The molecule has 0 spiro atoms. The lowest BCUT2D eigenvalue weighted by molar-refractivity contribution is -0.125. The summed E-state index contributed by atoms with van der Waals surface area (Å²) in [5.41, 5.74) is 0.594. The Morgan fingerprint density at radius 2 is 2.20 bits per heavy atom. The third-order valence-electron chi connectivity index (χ3n) is 3.53. The fourth-order valence-corrected chi connectivity index (χ4v) is 2.35. The van der Waals surface area contributed by atoms with Crippen molar-refractivity contribution in [1.82, 2.24) is 10.2 Å². The quantitative estimate of drug-likeness (QED) is 0.869. The van der Waals surface area contributed by atoms with Crippen LogP contribution in [-0.4, -0.2) is 50.1 Å². The van der Waals surface area contributed by atoms with Gasteiger partial charge < -0.3 is 19.4 Å². The number of nitrogens with zero attached hydrogens (tertiary/aromatic N) is 1. The van der Waals surface area contributed by atoms with Gasteiger partial charge in [-0.2, -0.15) is 0 Å². The highest BCUT2D eigenvalue weighted by molar-refractivity contribution is 5.93. The molecule has 2 heterocycles. The van der Waals surface area contributed by atoms with Gasteiger partial charge in [0.2, 0.25) is 5.91 Å². The lowest BCUT2D eigenvalue weighted by Gasteiger charge is -2.31. The molecular weight excluding hydrogens is 260 g/mol. The fraction of sp³-hybridized carbons (Fsp3) is 0.571. The molecule has 110 valence electrons. The van der Waals surface area contributed by atoms with Crippen LogP contribution in [0, 0.1) is 5.92 Å². The maximum atomic E-state index is 12.1. The molecule has 0 bridgehead atoms. The Labute approximate surface area is 118 Å². The van der Waals surface area contributed by atoms with E-state index in [2.05, 4.69) is 5.32 Å². The number of likely N-dealkylation sites (tertiary alicyclic amines) is 1. The molecular formula is C14H20N2O4. The minimum absolute atomic E-state index is 0.0145. The molecule has 2 rings (SSSR count). The summed E-state index contributed by atoms with van der Waals surface area (Å²) in [6.07, 6.45) is 4.78. The van der Waals surface area contributed by atoms with Crippen LogP contribution >= 0.6 is 0 Å². The number of nitrogens with one attached hydrogen (secondary N) is 1. The Hall–Kier alpha value is -1.82. The van der Waals surface area contributed by atoms with Crippen LogP contribution < -0.4 is 5.32 Å². The summed E-state index contributed by atoms with van der Waals surface area (Å²) in [7, 11) is 1.50. The molecule has 1 aromatic rings. The molecule has 1 aromatic heterocycles. The van der Waals surface area contributed by atoms with E-state index < -0.39 is 0 Å². The fourth-order valence-electron chi connectivity index (χ4n) is 2.35. The molecule has 0 atom stereocenters. The average Bonchev–Trinajstić information content (AvgIpc) is 2.99. The maximum Gasteiger partial charge on any atom is 0.257 e. The largest absolute Gasteiger partial charge is 0.472 e. The van der Waals surface area contributed by atoms with Crippen molar-refractivity contribution < 1.29 is 18.7 Å². The van der Waals surface area contributed by atoms with Crippen LogP contribution in [0.1, 0.15) is 23.2 Å². The van der Waals surface area contributed by atoms with Crippen molar-refractivity contribution in [1.29, 1.82) is 0 Å². The van der Waals surface area contributed by atoms with E-state index in [1.165, 1.54) is 19.6 Å². The predicted molar refractivity (Wildman–Crippen MR) is 72.2 cm³/mol. The van der Waals surface area contributed by atoms with Crippen LogP contribution in [0.5, 0.6) is 0 Å². The number of rotatable bonds is 5. The first-order valence-corrected chi connectivity index (χ1v) is 6.78. The van der Waals surface area contributed by atoms with Crippen LogP contribution in [0.25, 0.3) is 0 Å². The molecule has 0 radical (unpaired) electrons. The van der Waals surface area contributed by atoms with E-state index in [9.17, 15) is 9.59 Å². The molecule has 2 amide bonds. The van der Waals surface area contributed by atoms with E-state index >= 15 is 0 Å². The van der Waals surface area contributed by atoms with Crippen molar-refractivity contribution in [2.24, 2.45) is 5.92 Å². The van der Waals surface area contributed by atoms with Gasteiger partial charge in [-0.15, -0.1) is 0 Å². The van der Waals surface area contributed by atoms with Gasteiger partial charge >= 0.3 is 0 Å².